The lowest BCUT2D eigenvalue weighted by Crippen LogP contribution is -2.49. The van der Waals surface area contributed by atoms with Gasteiger partial charge in [-0.2, -0.15) is 4.31 Å². The fraction of sp³-hybridized carbons (Fsp3) is 0.412. The standard InChI is InChI=1S/C17H23N5O3S/c1-20(2)17(23)13-5-4-6-14(11-13)26(24,25)22-10-7-18-12-15(22)16-19-8-9-21(16)3/h4-6,8-9,11,15,18H,7,10,12H2,1-3H3. The molecule has 2 heterocycles. The number of imidazole rings is 1. The number of aromatic nitrogens is 2. The second-order valence-corrected chi connectivity index (χ2v) is 8.35. The van der Waals surface area contributed by atoms with Gasteiger partial charge in [-0.1, -0.05) is 6.07 Å². The number of carbonyl (C=O) groups excluding carboxylic acids is 1. The van der Waals surface area contributed by atoms with E-state index in [0.717, 1.165) is 0 Å². The maximum absolute atomic E-state index is 13.3. The lowest BCUT2D eigenvalue weighted by Gasteiger charge is -2.34. The number of hydrogen-bond acceptors (Lipinski definition) is 5. The number of amides is 1. The number of rotatable bonds is 4. The first-order valence-corrected chi connectivity index (χ1v) is 9.78. The molecule has 3 rings (SSSR count). The van der Waals surface area contributed by atoms with Crippen molar-refractivity contribution in [1.29, 1.82) is 0 Å². The highest BCUT2D eigenvalue weighted by Gasteiger charge is 2.36. The normalized spacial score (nSPS) is 18.7. The summed E-state index contributed by atoms with van der Waals surface area (Å²) in [7, 11) is 1.35. The first-order chi connectivity index (χ1) is 12.3. The van der Waals surface area contributed by atoms with Crippen LogP contribution in [0.15, 0.2) is 41.6 Å². The van der Waals surface area contributed by atoms with Crippen LogP contribution >= 0.6 is 0 Å². The van der Waals surface area contributed by atoms with Crippen molar-refractivity contribution in [3.05, 3.63) is 48.0 Å². The molecule has 1 saturated heterocycles. The van der Waals surface area contributed by atoms with Crippen LogP contribution in [0.1, 0.15) is 22.2 Å². The summed E-state index contributed by atoms with van der Waals surface area (Å²) >= 11 is 0. The van der Waals surface area contributed by atoms with Crippen LogP contribution in [-0.2, 0) is 17.1 Å². The van der Waals surface area contributed by atoms with Gasteiger partial charge < -0.3 is 14.8 Å². The summed E-state index contributed by atoms with van der Waals surface area (Å²) in [6.07, 6.45) is 3.45. The minimum Gasteiger partial charge on any atom is -0.345 e. The van der Waals surface area contributed by atoms with E-state index in [9.17, 15) is 13.2 Å². The molecule has 1 fully saturated rings. The highest BCUT2D eigenvalue weighted by atomic mass is 32.2. The molecule has 1 aliphatic rings. The number of sulfonamides is 1. The molecule has 1 aromatic heterocycles. The summed E-state index contributed by atoms with van der Waals surface area (Å²) in [6, 6.07) is 5.78. The Labute approximate surface area is 153 Å². The molecule has 0 aliphatic carbocycles. The van der Waals surface area contributed by atoms with E-state index < -0.39 is 16.1 Å². The molecule has 1 unspecified atom stereocenters. The largest absolute Gasteiger partial charge is 0.345 e. The molecule has 0 spiro atoms. The quantitative estimate of drug-likeness (QED) is 0.836. The third-order valence-electron chi connectivity index (χ3n) is 4.44. The molecular formula is C17H23N5O3S. The van der Waals surface area contributed by atoms with Crippen molar-refractivity contribution in [2.24, 2.45) is 7.05 Å². The molecule has 0 radical (unpaired) electrons. The van der Waals surface area contributed by atoms with E-state index in [2.05, 4.69) is 10.3 Å². The van der Waals surface area contributed by atoms with Gasteiger partial charge in [-0.3, -0.25) is 4.79 Å². The Morgan fingerprint density at radius 2 is 2.12 bits per heavy atom. The van der Waals surface area contributed by atoms with Crippen LogP contribution in [0.4, 0.5) is 0 Å². The van der Waals surface area contributed by atoms with Gasteiger partial charge in [0.15, 0.2) is 0 Å². The number of nitrogens with one attached hydrogen (secondary N) is 1. The summed E-state index contributed by atoms with van der Waals surface area (Å²) in [5, 5.41) is 3.23. The van der Waals surface area contributed by atoms with Gasteiger partial charge in [0.1, 0.15) is 5.82 Å². The lowest BCUT2D eigenvalue weighted by atomic mass is 10.2. The molecule has 1 atom stereocenters. The van der Waals surface area contributed by atoms with Gasteiger partial charge in [0, 0.05) is 58.7 Å². The van der Waals surface area contributed by atoms with E-state index in [4.69, 9.17) is 0 Å². The lowest BCUT2D eigenvalue weighted by molar-refractivity contribution is 0.0827. The minimum atomic E-state index is -3.77. The number of hydrogen-bond donors (Lipinski definition) is 1. The third-order valence-corrected chi connectivity index (χ3v) is 6.35. The third kappa shape index (κ3) is 3.37. The van der Waals surface area contributed by atoms with E-state index in [1.807, 2.05) is 11.6 Å². The molecule has 8 nitrogen and oxygen atoms in total. The van der Waals surface area contributed by atoms with Gasteiger partial charge in [0.25, 0.3) is 5.91 Å². The smallest absolute Gasteiger partial charge is 0.253 e. The van der Waals surface area contributed by atoms with Crippen LogP contribution in [0.25, 0.3) is 0 Å². The predicted molar refractivity (Wildman–Crippen MR) is 97.2 cm³/mol. The number of nitrogens with zero attached hydrogens (tertiary/aromatic N) is 4. The fourth-order valence-electron chi connectivity index (χ4n) is 3.07. The summed E-state index contributed by atoms with van der Waals surface area (Å²) < 4.78 is 29.9. The summed E-state index contributed by atoms with van der Waals surface area (Å²) in [5.74, 6) is 0.448. The number of carbonyl (C=O) groups is 1. The Morgan fingerprint density at radius 1 is 1.35 bits per heavy atom. The zero-order chi connectivity index (χ0) is 18.9. The Balaban J connectivity index is 2.00. The van der Waals surface area contributed by atoms with Crippen molar-refractivity contribution in [1.82, 2.24) is 24.1 Å². The molecule has 1 aromatic carbocycles. The van der Waals surface area contributed by atoms with Crippen molar-refractivity contribution in [2.75, 3.05) is 33.7 Å². The Morgan fingerprint density at radius 3 is 2.77 bits per heavy atom. The van der Waals surface area contributed by atoms with E-state index in [1.165, 1.54) is 21.3 Å². The van der Waals surface area contributed by atoms with Gasteiger partial charge in [-0.15, -0.1) is 0 Å². The highest BCUT2D eigenvalue weighted by molar-refractivity contribution is 7.89. The highest BCUT2D eigenvalue weighted by Crippen LogP contribution is 2.28. The van der Waals surface area contributed by atoms with Crippen LogP contribution in [0, 0.1) is 0 Å². The average Bonchev–Trinajstić information content (AvgIpc) is 3.07. The van der Waals surface area contributed by atoms with Crippen LogP contribution in [0.3, 0.4) is 0 Å². The molecule has 0 saturated carbocycles. The first kappa shape index (κ1) is 18.6. The van der Waals surface area contributed by atoms with E-state index in [0.29, 0.717) is 31.0 Å². The molecule has 0 bridgehead atoms. The SMILES string of the molecule is CN(C)C(=O)c1cccc(S(=O)(=O)N2CCNCC2c2nccn2C)c1. The molecule has 2 aromatic rings. The molecule has 140 valence electrons. The Bertz CT molecular complexity index is 907. The zero-order valence-electron chi connectivity index (χ0n) is 15.1. The van der Waals surface area contributed by atoms with Crippen molar-refractivity contribution in [2.45, 2.75) is 10.9 Å². The second-order valence-electron chi connectivity index (χ2n) is 6.46. The van der Waals surface area contributed by atoms with Crippen molar-refractivity contribution in [3.63, 3.8) is 0 Å². The van der Waals surface area contributed by atoms with Gasteiger partial charge in [0.2, 0.25) is 10.0 Å². The van der Waals surface area contributed by atoms with Gasteiger partial charge >= 0.3 is 0 Å². The number of piperazine rings is 1. The van der Waals surface area contributed by atoms with E-state index in [1.54, 1.807) is 38.6 Å². The first-order valence-electron chi connectivity index (χ1n) is 8.34. The zero-order valence-corrected chi connectivity index (χ0v) is 15.9. The monoisotopic (exact) mass is 377 g/mol. The fourth-order valence-corrected chi connectivity index (χ4v) is 4.71. The van der Waals surface area contributed by atoms with E-state index >= 15 is 0 Å². The topological polar surface area (TPSA) is 87.5 Å². The number of aryl methyl sites for hydroxylation is 1. The average molecular weight is 377 g/mol. The second kappa shape index (κ2) is 7.18. The van der Waals surface area contributed by atoms with E-state index in [-0.39, 0.29) is 10.8 Å². The number of benzene rings is 1. The van der Waals surface area contributed by atoms with Crippen LogP contribution < -0.4 is 5.32 Å². The molecule has 26 heavy (non-hydrogen) atoms. The molecule has 9 heteroatoms. The maximum Gasteiger partial charge on any atom is 0.253 e. The van der Waals surface area contributed by atoms with Crippen molar-refractivity contribution >= 4 is 15.9 Å². The predicted octanol–water partition coefficient (Wildman–Crippen LogP) is 0.457. The van der Waals surface area contributed by atoms with Crippen LogP contribution in [-0.4, -0.2) is 66.8 Å². The van der Waals surface area contributed by atoms with Gasteiger partial charge in [-0.25, -0.2) is 13.4 Å². The van der Waals surface area contributed by atoms with Crippen molar-refractivity contribution < 1.29 is 13.2 Å². The molecular weight excluding hydrogens is 354 g/mol. The van der Waals surface area contributed by atoms with Gasteiger partial charge in [0.05, 0.1) is 10.9 Å². The van der Waals surface area contributed by atoms with Crippen LogP contribution in [0.5, 0.6) is 0 Å². The van der Waals surface area contributed by atoms with Gasteiger partial charge in [-0.05, 0) is 18.2 Å². The Hall–Kier alpha value is -2.23. The molecule has 1 N–H and O–H groups in total. The summed E-state index contributed by atoms with van der Waals surface area (Å²) in [4.78, 5) is 18.1. The van der Waals surface area contributed by atoms with Crippen LogP contribution in [0.2, 0.25) is 0 Å². The summed E-state index contributed by atoms with van der Waals surface area (Å²) in [5.41, 5.74) is 0.347. The maximum atomic E-state index is 13.3. The molecule has 1 aliphatic heterocycles. The summed E-state index contributed by atoms with van der Waals surface area (Å²) in [6.45, 7) is 1.39. The minimum absolute atomic E-state index is 0.117. The van der Waals surface area contributed by atoms with Crippen molar-refractivity contribution in [3.8, 4) is 0 Å². The Kier molecular flexibility index (Phi) is 5.12. The molecule has 1 amide bonds.